The fourth-order valence-corrected chi connectivity index (χ4v) is 0.564. The van der Waals surface area contributed by atoms with Crippen LogP contribution in [0.1, 0.15) is 20.8 Å². The fraction of sp³-hybridized carbons (Fsp3) is 0.500. The highest BCUT2D eigenvalue weighted by Crippen LogP contribution is 1.92. The minimum absolute atomic E-state index is 0.421. The molecule has 0 saturated heterocycles. The Kier molecular flexibility index (Phi) is 4.07. The molecule has 0 rings (SSSR count). The molecule has 0 aromatic rings. The predicted octanol–water partition coefficient (Wildman–Crippen LogP) is 2.22. The quantitative estimate of drug-likeness (QED) is 0.357. The van der Waals surface area contributed by atoms with Crippen LogP contribution >= 0.6 is 0 Å². The Balaban J connectivity index is 3.59. The van der Waals surface area contributed by atoms with Gasteiger partial charge in [0.1, 0.15) is 0 Å². The largest absolute Gasteiger partial charge is 0.106 e. The van der Waals surface area contributed by atoms with Gasteiger partial charge in [0.05, 0.1) is 0 Å². The van der Waals surface area contributed by atoms with E-state index < -0.39 is 0 Å². The van der Waals surface area contributed by atoms with Crippen LogP contribution in [0.15, 0.2) is 12.2 Å². The van der Waals surface area contributed by atoms with E-state index in [9.17, 15) is 0 Å². The van der Waals surface area contributed by atoms with Crippen LogP contribution in [0.25, 0.3) is 0 Å². The van der Waals surface area contributed by atoms with Crippen molar-refractivity contribution in [3.05, 3.63) is 12.2 Å². The molecule has 0 amide bonds. The standard InChI is InChI=1S/C8H12/c1-4-6-8(3)7-5-2/h4,6,8H,1-3H3/b6-4+. The molecule has 1 atom stereocenters. The van der Waals surface area contributed by atoms with Gasteiger partial charge in [-0.25, -0.2) is 0 Å². The van der Waals surface area contributed by atoms with E-state index in [0.29, 0.717) is 5.92 Å². The summed E-state index contributed by atoms with van der Waals surface area (Å²) in [4.78, 5) is 0. The summed E-state index contributed by atoms with van der Waals surface area (Å²) in [6, 6.07) is 0. The first-order valence-corrected chi connectivity index (χ1v) is 2.86. The molecule has 0 spiro atoms. The molecule has 0 saturated carbocycles. The van der Waals surface area contributed by atoms with Crippen molar-refractivity contribution in [3.63, 3.8) is 0 Å². The van der Waals surface area contributed by atoms with Crippen molar-refractivity contribution in [2.45, 2.75) is 20.8 Å². The van der Waals surface area contributed by atoms with Crippen molar-refractivity contribution >= 4 is 0 Å². The Morgan fingerprint density at radius 1 is 1.50 bits per heavy atom. The van der Waals surface area contributed by atoms with Crippen molar-refractivity contribution in [2.75, 3.05) is 0 Å². The van der Waals surface area contributed by atoms with E-state index in [2.05, 4.69) is 24.8 Å². The molecule has 0 radical (unpaired) electrons. The smallest absolute Gasteiger partial charge is 0.0354 e. The highest BCUT2D eigenvalue weighted by Gasteiger charge is 1.82. The van der Waals surface area contributed by atoms with Gasteiger partial charge < -0.3 is 0 Å². The lowest BCUT2D eigenvalue weighted by atomic mass is 10.2. The first-order valence-electron chi connectivity index (χ1n) is 2.86. The average molecular weight is 108 g/mol. The van der Waals surface area contributed by atoms with Gasteiger partial charge in [0.2, 0.25) is 0 Å². The van der Waals surface area contributed by atoms with Crippen LogP contribution in [0.5, 0.6) is 0 Å². The minimum atomic E-state index is 0.421. The van der Waals surface area contributed by atoms with Gasteiger partial charge in [0.25, 0.3) is 0 Å². The Hall–Kier alpha value is -0.700. The zero-order valence-electron chi connectivity index (χ0n) is 5.73. The third kappa shape index (κ3) is 3.49. The van der Waals surface area contributed by atoms with Crippen LogP contribution in [-0.4, -0.2) is 0 Å². The lowest BCUT2D eigenvalue weighted by Gasteiger charge is -1.88. The summed E-state index contributed by atoms with van der Waals surface area (Å²) in [5.74, 6) is 6.28. The predicted molar refractivity (Wildman–Crippen MR) is 37.4 cm³/mol. The second kappa shape index (κ2) is 4.46. The lowest BCUT2D eigenvalue weighted by molar-refractivity contribution is 0.977. The summed E-state index contributed by atoms with van der Waals surface area (Å²) < 4.78 is 0. The molecular weight excluding hydrogens is 96.1 g/mol. The second-order valence-corrected chi connectivity index (χ2v) is 1.71. The van der Waals surface area contributed by atoms with Gasteiger partial charge in [-0.15, -0.1) is 5.92 Å². The van der Waals surface area contributed by atoms with Gasteiger partial charge in [0, 0.05) is 5.92 Å². The van der Waals surface area contributed by atoms with Crippen LogP contribution in [0.3, 0.4) is 0 Å². The molecule has 0 aromatic carbocycles. The third-order valence-electron chi connectivity index (χ3n) is 0.853. The molecule has 0 aromatic heterocycles. The zero-order chi connectivity index (χ0) is 6.41. The number of hydrogen-bond acceptors (Lipinski definition) is 0. The zero-order valence-corrected chi connectivity index (χ0v) is 5.73. The normalized spacial score (nSPS) is 12.9. The van der Waals surface area contributed by atoms with E-state index >= 15 is 0 Å². The Morgan fingerprint density at radius 3 is 2.50 bits per heavy atom. The van der Waals surface area contributed by atoms with Crippen LogP contribution in [-0.2, 0) is 0 Å². The van der Waals surface area contributed by atoms with Crippen molar-refractivity contribution in [1.82, 2.24) is 0 Å². The molecule has 8 heavy (non-hydrogen) atoms. The van der Waals surface area contributed by atoms with Crippen molar-refractivity contribution in [3.8, 4) is 11.8 Å². The Morgan fingerprint density at radius 2 is 2.12 bits per heavy atom. The molecule has 44 valence electrons. The molecule has 0 aliphatic rings. The highest BCUT2D eigenvalue weighted by atomic mass is 13.9. The Bertz CT molecular complexity index is 121. The molecule has 0 aliphatic carbocycles. The second-order valence-electron chi connectivity index (χ2n) is 1.71. The number of hydrogen-bond donors (Lipinski definition) is 0. The Labute approximate surface area is 51.6 Å². The van der Waals surface area contributed by atoms with E-state index in [4.69, 9.17) is 0 Å². The van der Waals surface area contributed by atoms with Gasteiger partial charge in [-0.2, -0.15) is 0 Å². The summed E-state index contributed by atoms with van der Waals surface area (Å²) >= 11 is 0. The van der Waals surface area contributed by atoms with Gasteiger partial charge >= 0.3 is 0 Å². The van der Waals surface area contributed by atoms with E-state index in [0.717, 1.165) is 0 Å². The summed E-state index contributed by atoms with van der Waals surface area (Å²) in [5.41, 5.74) is 0. The van der Waals surface area contributed by atoms with E-state index in [1.807, 2.05) is 19.9 Å². The lowest BCUT2D eigenvalue weighted by Crippen LogP contribution is -1.79. The highest BCUT2D eigenvalue weighted by molar-refractivity contribution is 5.06. The van der Waals surface area contributed by atoms with Crippen molar-refractivity contribution < 1.29 is 0 Å². The topological polar surface area (TPSA) is 0 Å². The van der Waals surface area contributed by atoms with E-state index in [1.165, 1.54) is 0 Å². The minimum Gasteiger partial charge on any atom is -0.106 e. The number of rotatable bonds is 1. The summed E-state index contributed by atoms with van der Waals surface area (Å²) in [5, 5.41) is 0. The summed E-state index contributed by atoms with van der Waals surface area (Å²) in [6.07, 6.45) is 4.10. The molecule has 0 heteroatoms. The summed E-state index contributed by atoms with van der Waals surface area (Å²) in [6.45, 7) is 5.95. The van der Waals surface area contributed by atoms with Gasteiger partial charge in [-0.05, 0) is 20.8 Å². The molecule has 1 unspecified atom stereocenters. The maximum absolute atomic E-state index is 3.01. The van der Waals surface area contributed by atoms with E-state index in [-0.39, 0.29) is 0 Å². The summed E-state index contributed by atoms with van der Waals surface area (Å²) in [7, 11) is 0. The van der Waals surface area contributed by atoms with Crippen LogP contribution < -0.4 is 0 Å². The molecule has 0 nitrogen and oxygen atoms in total. The third-order valence-corrected chi connectivity index (χ3v) is 0.853. The maximum atomic E-state index is 3.01. The maximum Gasteiger partial charge on any atom is 0.0354 e. The van der Waals surface area contributed by atoms with Crippen LogP contribution in [0.4, 0.5) is 0 Å². The number of allylic oxidation sites excluding steroid dienone is 2. The molecule has 0 aliphatic heterocycles. The molecule has 0 heterocycles. The molecular formula is C8H12. The van der Waals surface area contributed by atoms with Crippen LogP contribution in [0.2, 0.25) is 0 Å². The monoisotopic (exact) mass is 108 g/mol. The van der Waals surface area contributed by atoms with Gasteiger partial charge in [-0.1, -0.05) is 18.1 Å². The fourth-order valence-electron chi connectivity index (χ4n) is 0.564. The first kappa shape index (κ1) is 7.30. The first-order chi connectivity index (χ1) is 3.81. The van der Waals surface area contributed by atoms with E-state index in [1.54, 1.807) is 0 Å². The van der Waals surface area contributed by atoms with Gasteiger partial charge in [-0.3, -0.25) is 0 Å². The van der Waals surface area contributed by atoms with Gasteiger partial charge in [0.15, 0.2) is 0 Å². The van der Waals surface area contributed by atoms with Crippen molar-refractivity contribution in [1.29, 1.82) is 0 Å². The molecule has 0 N–H and O–H groups in total. The van der Waals surface area contributed by atoms with Crippen LogP contribution in [0, 0.1) is 17.8 Å². The average Bonchev–Trinajstić information content (AvgIpc) is 1.68. The molecule has 0 fully saturated rings. The molecule has 0 bridgehead atoms. The van der Waals surface area contributed by atoms with Crippen molar-refractivity contribution in [2.24, 2.45) is 5.92 Å². The SMILES string of the molecule is CC#CC(C)/C=C/C.